The second-order valence-electron chi connectivity index (χ2n) is 6.05. The molecule has 2 unspecified atom stereocenters. The minimum Gasteiger partial charge on any atom is -0.308 e. The zero-order valence-corrected chi connectivity index (χ0v) is 11.9. The van der Waals surface area contributed by atoms with Crippen molar-refractivity contribution in [1.29, 1.82) is 0 Å². The Morgan fingerprint density at radius 3 is 2.71 bits per heavy atom. The molecule has 0 N–H and O–H groups in total. The maximum Gasteiger partial charge on any atom is 0.127 e. The van der Waals surface area contributed by atoms with E-state index in [1.54, 1.807) is 0 Å². The van der Waals surface area contributed by atoms with E-state index in [0.717, 1.165) is 32.5 Å². The van der Waals surface area contributed by atoms with E-state index < -0.39 is 0 Å². The zero-order valence-electron chi connectivity index (χ0n) is 11.9. The second kappa shape index (κ2) is 6.50. The maximum atomic E-state index is 11.3. The number of likely N-dealkylation sites (N-methyl/N-ethyl adjacent to an activating group) is 1. The van der Waals surface area contributed by atoms with E-state index in [-0.39, 0.29) is 5.41 Å². The molecule has 0 aromatic heterocycles. The lowest BCUT2D eigenvalue weighted by Crippen LogP contribution is -2.43. The van der Waals surface area contributed by atoms with Crippen LogP contribution in [0.25, 0.3) is 0 Å². The molecule has 1 heterocycles. The Morgan fingerprint density at radius 1 is 1.47 bits per heavy atom. The van der Waals surface area contributed by atoms with Crippen LogP contribution in [0.1, 0.15) is 39.5 Å². The summed E-state index contributed by atoms with van der Waals surface area (Å²) in [6.45, 7) is 7.47. The first-order valence-corrected chi connectivity index (χ1v) is 6.86. The quantitative estimate of drug-likeness (QED) is 0.636. The molecule has 3 nitrogen and oxygen atoms in total. The van der Waals surface area contributed by atoms with E-state index >= 15 is 0 Å². The van der Waals surface area contributed by atoms with Gasteiger partial charge in [-0.15, -0.1) is 0 Å². The summed E-state index contributed by atoms with van der Waals surface area (Å²) < 4.78 is 0. The Kier molecular flexibility index (Phi) is 5.60. The molecular formula is C14H28N2O. The summed E-state index contributed by atoms with van der Waals surface area (Å²) in [6, 6.07) is 0.640. The van der Waals surface area contributed by atoms with E-state index in [1.807, 2.05) is 0 Å². The van der Waals surface area contributed by atoms with Crippen LogP contribution in [-0.4, -0.2) is 55.9 Å². The van der Waals surface area contributed by atoms with Crippen LogP contribution in [0, 0.1) is 5.41 Å². The van der Waals surface area contributed by atoms with Crippen molar-refractivity contribution in [3.8, 4) is 0 Å². The highest BCUT2D eigenvalue weighted by molar-refractivity contribution is 5.59. The van der Waals surface area contributed by atoms with Crippen molar-refractivity contribution in [3.63, 3.8) is 0 Å². The minimum absolute atomic E-state index is 0.149. The van der Waals surface area contributed by atoms with E-state index in [1.165, 1.54) is 19.1 Å². The molecule has 17 heavy (non-hydrogen) atoms. The third kappa shape index (κ3) is 4.40. The van der Waals surface area contributed by atoms with Gasteiger partial charge in [0.25, 0.3) is 0 Å². The van der Waals surface area contributed by atoms with E-state index in [9.17, 15) is 4.79 Å². The molecule has 1 aliphatic heterocycles. The number of carbonyl (C=O) groups excluding carboxylic acids is 1. The molecule has 0 aromatic carbocycles. The van der Waals surface area contributed by atoms with Crippen LogP contribution < -0.4 is 0 Å². The number of hydrogen-bond donors (Lipinski definition) is 0. The first-order chi connectivity index (χ1) is 8.00. The van der Waals surface area contributed by atoms with Gasteiger partial charge in [0.2, 0.25) is 0 Å². The van der Waals surface area contributed by atoms with Crippen molar-refractivity contribution < 1.29 is 4.79 Å². The van der Waals surface area contributed by atoms with Gasteiger partial charge in [-0.25, -0.2) is 0 Å². The van der Waals surface area contributed by atoms with Gasteiger partial charge in [0.05, 0.1) is 0 Å². The molecule has 0 aromatic rings. The fraction of sp³-hybridized carbons (Fsp3) is 0.929. The highest BCUT2D eigenvalue weighted by atomic mass is 16.1. The largest absolute Gasteiger partial charge is 0.308 e. The molecule has 1 rings (SSSR count). The minimum atomic E-state index is -0.149. The number of hydrogen-bond acceptors (Lipinski definition) is 3. The molecule has 0 amide bonds. The molecular weight excluding hydrogens is 212 g/mol. The summed E-state index contributed by atoms with van der Waals surface area (Å²) in [5.74, 6) is 0. The molecule has 1 saturated heterocycles. The highest BCUT2D eigenvalue weighted by Crippen LogP contribution is 2.27. The van der Waals surface area contributed by atoms with E-state index in [4.69, 9.17) is 0 Å². The highest BCUT2D eigenvalue weighted by Gasteiger charge is 2.32. The zero-order chi connectivity index (χ0) is 12.9. The summed E-state index contributed by atoms with van der Waals surface area (Å²) in [5, 5.41) is 0. The molecule has 100 valence electrons. The smallest absolute Gasteiger partial charge is 0.127 e. The van der Waals surface area contributed by atoms with Crippen molar-refractivity contribution in [1.82, 2.24) is 9.80 Å². The van der Waals surface area contributed by atoms with Crippen molar-refractivity contribution in [2.24, 2.45) is 5.41 Å². The topological polar surface area (TPSA) is 23.6 Å². The van der Waals surface area contributed by atoms with E-state index in [2.05, 4.69) is 37.7 Å². The Bertz CT molecular complexity index is 242. The normalized spacial score (nSPS) is 25.1. The van der Waals surface area contributed by atoms with Crippen LogP contribution in [0.4, 0.5) is 0 Å². The van der Waals surface area contributed by atoms with Crippen LogP contribution in [0.15, 0.2) is 0 Å². The van der Waals surface area contributed by atoms with Crippen LogP contribution in [-0.2, 0) is 4.79 Å². The number of nitrogens with zero attached hydrogens (tertiary/aromatic N) is 2. The maximum absolute atomic E-state index is 11.3. The molecule has 0 aliphatic carbocycles. The number of carbonyl (C=O) groups is 1. The van der Waals surface area contributed by atoms with Crippen LogP contribution >= 0.6 is 0 Å². The molecule has 0 spiro atoms. The van der Waals surface area contributed by atoms with Gasteiger partial charge in [-0.3, -0.25) is 4.90 Å². The van der Waals surface area contributed by atoms with Gasteiger partial charge in [0.15, 0.2) is 0 Å². The van der Waals surface area contributed by atoms with Crippen molar-refractivity contribution in [2.75, 3.05) is 33.7 Å². The van der Waals surface area contributed by atoms with Gasteiger partial charge in [-0.1, -0.05) is 20.3 Å². The summed E-state index contributed by atoms with van der Waals surface area (Å²) in [6.07, 6.45) is 5.81. The van der Waals surface area contributed by atoms with Crippen LogP contribution in [0.3, 0.4) is 0 Å². The Morgan fingerprint density at radius 2 is 2.18 bits per heavy atom. The fourth-order valence-corrected chi connectivity index (χ4v) is 2.94. The number of aldehydes is 1. The summed E-state index contributed by atoms with van der Waals surface area (Å²) in [7, 11) is 4.25. The predicted octanol–water partition coefficient (Wildman–Crippen LogP) is 2.02. The van der Waals surface area contributed by atoms with Crippen LogP contribution in [0.5, 0.6) is 0 Å². The summed E-state index contributed by atoms with van der Waals surface area (Å²) in [4.78, 5) is 16.1. The third-order valence-corrected chi connectivity index (χ3v) is 3.74. The lowest BCUT2D eigenvalue weighted by atomic mass is 9.86. The van der Waals surface area contributed by atoms with Gasteiger partial charge < -0.3 is 9.69 Å². The second-order valence-corrected chi connectivity index (χ2v) is 6.05. The average molecular weight is 240 g/mol. The molecule has 0 bridgehead atoms. The monoisotopic (exact) mass is 240 g/mol. The van der Waals surface area contributed by atoms with Crippen LogP contribution in [0.2, 0.25) is 0 Å². The lowest BCUT2D eigenvalue weighted by Gasteiger charge is -2.33. The molecule has 0 saturated carbocycles. The number of rotatable bonds is 7. The van der Waals surface area contributed by atoms with Gasteiger partial charge in [0, 0.05) is 24.5 Å². The molecule has 1 fully saturated rings. The summed E-state index contributed by atoms with van der Waals surface area (Å²) in [5.41, 5.74) is -0.149. The van der Waals surface area contributed by atoms with Gasteiger partial charge in [-0.05, 0) is 39.9 Å². The Balaban J connectivity index is 2.56. The number of likely N-dealkylation sites (tertiary alicyclic amines) is 1. The van der Waals surface area contributed by atoms with Gasteiger partial charge in [0.1, 0.15) is 6.29 Å². The Hall–Kier alpha value is -0.410. The molecule has 3 heteroatoms. The molecule has 2 atom stereocenters. The first-order valence-electron chi connectivity index (χ1n) is 6.86. The summed E-state index contributed by atoms with van der Waals surface area (Å²) >= 11 is 0. The average Bonchev–Trinajstić information content (AvgIpc) is 2.65. The van der Waals surface area contributed by atoms with Crippen molar-refractivity contribution in [2.45, 2.75) is 45.6 Å². The van der Waals surface area contributed by atoms with Gasteiger partial charge >= 0.3 is 0 Å². The van der Waals surface area contributed by atoms with Crippen molar-refractivity contribution in [3.05, 3.63) is 0 Å². The lowest BCUT2D eigenvalue weighted by molar-refractivity contribution is -0.117. The third-order valence-electron chi connectivity index (χ3n) is 3.74. The SMILES string of the molecule is CCCC(C)(C=O)CN1CCCC1CN(C)C. The molecule has 0 radical (unpaired) electrons. The Labute approximate surface area is 106 Å². The first kappa shape index (κ1) is 14.7. The van der Waals surface area contributed by atoms with Crippen molar-refractivity contribution >= 4 is 6.29 Å². The van der Waals surface area contributed by atoms with Gasteiger partial charge in [-0.2, -0.15) is 0 Å². The van der Waals surface area contributed by atoms with E-state index in [0.29, 0.717) is 6.04 Å². The standard InChI is InChI=1S/C14H28N2O/c1-5-8-14(2,12-17)11-16-9-6-7-13(16)10-15(3)4/h12-13H,5-11H2,1-4H3. The fourth-order valence-electron chi connectivity index (χ4n) is 2.94. The molecule has 1 aliphatic rings. The predicted molar refractivity (Wildman–Crippen MR) is 72.2 cm³/mol.